The zero-order chi connectivity index (χ0) is 9.26. The number of rotatable bonds is 3. The zero-order valence-electron chi connectivity index (χ0n) is 7.39. The van der Waals surface area contributed by atoms with E-state index in [0.29, 0.717) is 0 Å². The molecule has 1 aliphatic carbocycles. The molecule has 3 N–H and O–H groups in total. The molecule has 1 aliphatic rings. The Kier molecular flexibility index (Phi) is 2.74. The molecule has 0 atom stereocenters. The molecule has 0 spiro atoms. The van der Waals surface area contributed by atoms with Crippen molar-refractivity contribution >= 4 is 28.3 Å². The molecule has 0 bridgehead atoms. The average Bonchev–Trinajstić information content (AvgIpc) is 2.91. The smallest absolute Gasteiger partial charge is 0.0495 e. The van der Waals surface area contributed by atoms with Gasteiger partial charge < -0.3 is 11.1 Å². The van der Waals surface area contributed by atoms with Crippen LogP contribution in [-0.4, -0.2) is 6.04 Å². The molecule has 0 aliphatic heterocycles. The lowest BCUT2D eigenvalue weighted by molar-refractivity contribution is 0.689. The van der Waals surface area contributed by atoms with Crippen molar-refractivity contribution in [3.8, 4) is 0 Å². The molecule has 0 unspecified atom stereocenters. The zero-order valence-corrected chi connectivity index (χ0v) is 9.54. The van der Waals surface area contributed by atoms with Crippen LogP contribution in [0.25, 0.3) is 0 Å². The molecule has 1 fully saturated rings. The molecule has 0 radical (unpaired) electrons. The van der Waals surface area contributed by atoms with Crippen molar-refractivity contribution in [3.63, 3.8) is 0 Å². The number of hydrogen-bond donors (Lipinski definition) is 2. The largest absolute Gasteiger partial charge is 0.398 e. The highest BCUT2D eigenvalue weighted by Crippen LogP contribution is 2.22. The number of para-hydroxylation sites is 1. The summed E-state index contributed by atoms with van der Waals surface area (Å²) in [5.41, 5.74) is 8.09. The second-order valence-electron chi connectivity index (χ2n) is 3.47. The van der Waals surface area contributed by atoms with Crippen LogP contribution in [0.2, 0.25) is 0 Å². The molecule has 0 saturated heterocycles. The highest BCUT2D eigenvalue weighted by Gasteiger charge is 2.20. The van der Waals surface area contributed by atoms with Crippen LogP contribution >= 0.6 is 22.6 Å². The normalized spacial score (nSPS) is 16.1. The third kappa shape index (κ3) is 2.34. The van der Waals surface area contributed by atoms with Gasteiger partial charge in [0.15, 0.2) is 0 Å². The van der Waals surface area contributed by atoms with Crippen LogP contribution in [0.3, 0.4) is 0 Å². The molecule has 2 nitrogen and oxygen atoms in total. The summed E-state index contributed by atoms with van der Waals surface area (Å²) in [5.74, 6) is 0. The van der Waals surface area contributed by atoms with Gasteiger partial charge in [0.05, 0.1) is 0 Å². The summed E-state index contributed by atoms with van der Waals surface area (Å²) in [5, 5.41) is 3.46. The second kappa shape index (κ2) is 3.84. The van der Waals surface area contributed by atoms with Gasteiger partial charge in [0.1, 0.15) is 0 Å². The molecule has 2 rings (SSSR count). The van der Waals surface area contributed by atoms with E-state index in [9.17, 15) is 0 Å². The van der Waals surface area contributed by atoms with Crippen molar-refractivity contribution < 1.29 is 0 Å². The van der Waals surface area contributed by atoms with E-state index < -0.39 is 0 Å². The number of halogens is 1. The SMILES string of the molecule is Nc1c(I)cccc1CNC1CC1. The maximum Gasteiger partial charge on any atom is 0.0495 e. The molecular formula is C10H13IN2. The van der Waals surface area contributed by atoms with Gasteiger partial charge in [-0.3, -0.25) is 0 Å². The summed E-state index contributed by atoms with van der Waals surface area (Å²) in [6, 6.07) is 6.93. The number of anilines is 1. The van der Waals surface area contributed by atoms with Crippen LogP contribution < -0.4 is 11.1 Å². The molecule has 3 heteroatoms. The molecule has 0 aromatic heterocycles. The Morgan fingerprint density at radius 3 is 2.92 bits per heavy atom. The van der Waals surface area contributed by atoms with Crippen molar-refractivity contribution in [1.29, 1.82) is 0 Å². The van der Waals surface area contributed by atoms with E-state index >= 15 is 0 Å². The lowest BCUT2D eigenvalue weighted by atomic mass is 10.2. The number of nitrogens with one attached hydrogen (secondary N) is 1. The average molecular weight is 288 g/mol. The Balaban J connectivity index is 2.05. The third-order valence-electron chi connectivity index (χ3n) is 2.30. The molecule has 0 heterocycles. The first-order valence-electron chi connectivity index (χ1n) is 4.53. The minimum absolute atomic E-state index is 0.747. The second-order valence-corrected chi connectivity index (χ2v) is 4.63. The molecule has 70 valence electrons. The summed E-state index contributed by atoms with van der Waals surface area (Å²) in [6.45, 7) is 0.910. The van der Waals surface area contributed by atoms with Crippen LogP contribution in [0, 0.1) is 3.57 Å². The van der Waals surface area contributed by atoms with Crippen molar-refractivity contribution in [2.75, 3.05) is 5.73 Å². The molecule has 1 saturated carbocycles. The highest BCUT2D eigenvalue weighted by molar-refractivity contribution is 14.1. The van der Waals surface area contributed by atoms with Gasteiger partial charge in [-0.25, -0.2) is 0 Å². The number of nitrogens with two attached hydrogens (primary N) is 1. The first-order chi connectivity index (χ1) is 6.27. The molecular weight excluding hydrogens is 275 g/mol. The lowest BCUT2D eigenvalue weighted by Gasteiger charge is -2.07. The topological polar surface area (TPSA) is 38.0 Å². The number of hydrogen-bond acceptors (Lipinski definition) is 2. The molecule has 0 amide bonds. The van der Waals surface area contributed by atoms with Gasteiger partial charge in [0, 0.05) is 21.8 Å². The van der Waals surface area contributed by atoms with Gasteiger partial charge in [-0.15, -0.1) is 0 Å². The standard InChI is InChI=1S/C10H13IN2/c11-9-3-1-2-7(10(9)12)6-13-8-4-5-8/h1-3,8,13H,4-6,12H2. The fraction of sp³-hybridized carbons (Fsp3) is 0.400. The Bertz CT molecular complexity index is 308. The quantitative estimate of drug-likeness (QED) is 0.660. The lowest BCUT2D eigenvalue weighted by Crippen LogP contribution is -2.16. The van der Waals surface area contributed by atoms with Crippen LogP contribution in [0.1, 0.15) is 18.4 Å². The van der Waals surface area contributed by atoms with Crippen LogP contribution in [0.15, 0.2) is 18.2 Å². The summed E-state index contributed by atoms with van der Waals surface area (Å²) in [6.07, 6.45) is 2.65. The van der Waals surface area contributed by atoms with Crippen molar-refractivity contribution in [2.45, 2.75) is 25.4 Å². The van der Waals surface area contributed by atoms with E-state index in [2.05, 4.69) is 40.0 Å². The first kappa shape index (κ1) is 9.27. The third-order valence-corrected chi connectivity index (χ3v) is 3.24. The first-order valence-corrected chi connectivity index (χ1v) is 5.61. The van der Waals surface area contributed by atoms with Gasteiger partial charge in [0.25, 0.3) is 0 Å². The van der Waals surface area contributed by atoms with E-state index in [1.54, 1.807) is 0 Å². The van der Waals surface area contributed by atoms with E-state index in [4.69, 9.17) is 5.73 Å². The minimum atomic E-state index is 0.747. The predicted octanol–water partition coefficient (Wildman–Crippen LogP) is 2.13. The maximum absolute atomic E-state index is 5.94. The fourth-order valence-electron chi connectivity index (χ4n) is 1.28. The number of nitrogen functional groups attached to an aromatic ring is 1. The van der Waals surface area contributed by atoms with Gasteiger partial charge >= 0.3 is 0 Å². The van der Waals surface area contributed by atoms with Gasteiger partial charge in [0.2, 0.25) is 0 Å². The van der Waals surface area contributed by atoms with Crippen molar-refractivity contribution in [2.24, 2.45) is 0 Å². The maximum atomic E-state index is 5.94. The van der Waals surface area contributed by atoms with E-state index in [0.717, 1.165) is 21.8 Å². The Labute approximate surface area is 92.0 Å². The van der Waals surface area contributed by atoms with Gasteiger partial charge in [-0.1, -0.05) is 12.1 Å². The van der Waals surface area contributed by atoms with E-state index in [1.165, 1.54) is 18.4 Å². The Morgan fingerprint density at radius 2 is 2.23 bits per heavy atom. The molecule has 1 aromatic carbocycles. The van der Waals surface area contributed by atoms with Crippen molar-refractivity contribution in [3.05, 3.63) is 27.3 Å². The Hall–Kier alpha value is -0.290. The fourth-order valence-corrected chi connectivity index (χ4v) is 1.83. The van der Waals surface area contributed by atoms with Crippen LogP contribution in [0.4, 0.5) is 5.69 Å². The molecule has 1 aromatic rings. The highest BCUT2D eigenvalue weighted by atomic mass is 127. The summed E-state index contributed by atoms with van der Waals surface area (Å²) in [4.78, 5) is 0. The van der Waals surface area contributed by atoms with Gasteiger partial charge in [-0.05, 0) is 47.1 Å². The monoisotopic (exact) mass is 288 g/mol. The Morgan fingerprint density at radius 1 is 1.46 bits per heavy atom. The summed E-state index contributed by atoms with van der Waals surface area (Å²) >= 11 is 2.27. The number of benzene rings is 1. The molecule has 13 heavy (non-hydrogen) atoms. The summed E-state index contributed by atoms with van der Waals surface area (Å²) < 4.78 is 1.15. The van der Waals surface area contributed by atoms with Crippen LogP contribution in [-0.2, 0) is 6.54 Å². The van der Waals surface area contributed by atoms with Crippen LogP contribution in [0.5, 0.6) is 0 Å². The minimum Gasteiger partial charge on any atom is -0.398 e. The van der Waals surface area contributed by atoms with E-state index in [-0.39, 0.29) is 0 Å². The summed E-state index contributed by atoms with van der Waals surface area (Å²) in [7, 11) is 0. The predicted molar refractivity (Wildman–Crippen MR) is 63.4 cm³/mol. The van der Waals surface area contributed by atoms with E-state index in [1.807, 2.05) is 6.07 Å². The van der Waals surface area contributed by atoms with Crippen molar-refractivity contribution in [1.82, 2.24) is 5.32 Å². The van der Waals surface area contributed by atoms with Gasteiger partial charge in [-0.2, -0.15) is 0 Å².